The van der Waals surface area contributed by atoms with E-state index in [0.717, 1.165) is 17.2 Å². The van der Waals surface area contributed by atoms with Gasteiger partial charge in [0, 0.05) is 17.3 Å². The molecule has 1 heterocycles. The van der Waals surface area contributed by atoms with Gasteiger partial charge in [-0.25, -0.2) is 13.6 Å². The number of nitrogens with one attached hydrogen (secondary N) is 1. The third-order valence-corrected chi connectivity index (χ3v) is 3.54. The molecule has 3 nitrogen and oxygen atoms in total. The molecule has 0 saturated carbocycles. The van der Waals surface area contributed by atoms with Crippen molar-refractivity contribution in [3.8, 4) is 22.5 Å². The van der Waals surface area contributed by atoms with E-state index in [1.165, 1.54) is 30.3 Å². The zero-order valence-electron chi connectivity index (χ0n) is 12.5. The van der Waals surface area contributed by atoms with Gasteiger partial charge >= 0.3 is 5.97 Å². The maximum absolute atomic E-state index is 13.1. The van der Waals surface area contributed by atoms with Crippen LogP contribution in [0.5, 0.6) is 0 Å². The molecule has 0 radical (unpaired) electrons. The van der Waals surface area contributed by atoms with Gasteiger partial charge in [0.2, 0.25) is 0 Å². The first-order valence-electron chi connectivity index (χ1n) is 7.19. The Morgan fingerprint density at radius 1 is 0.917 bits per heavy atom. The molecule has 0 aliphatic carbocycles. The summed E-state index contributed by atoms with van der Waals surface area (Å²) >= 11 is 0. The first-order valence-corrected chi connectivity index (χ1v) is 7.19. The van der Waals surface area contributed by atoms with Crippen LogP contribution in [0.3, 0.4) is 0 Å². The van der Waals surface area contributed by atoms with E-state index in [1.807, 2.05) is 0 Å². The molecule has 0 saturated heterocycles. The maximum Gasteiger partial charge on any atom is 0.328 e. The molecule has 0 spiro atoms. The smallest absolute Gasteiger partial charge is 0.328 e. The highest BCUT2D eigenvalue weighted by molar-refractivity contribution is 5.88. The van der Waals surface area contributed by atoms with Crippen LogP contribution in [-0.4, -0.2) is 16.1 Å². The highest BCUT2D eigenvalue weighted by atomic mass is 19.1. The lowest BCUT2D eigenvalue weighted by Gasteiger charge is -2.01. The molecule has 5 heteroatoms. The number of aromatic amines is 1. The highest BCUT2D eigenvalue weighted by Gasteiger charge is 2.10. The van der Waals surface area contributed by atoms with Gasteiger partial charge < -0.3 is 10.1 Å². The molecule has 3 rings (SSSR count). The molecule has 1 aromatic heterocycles. The standard InChI is InChI=1S/C19H13F2NO2/c20-15-6-1-12(2-7-15)17-11-14(5-10-18(23)24)19(22-17)13-3-8-16(21)9-4-13/h1-11,22H,(H,23,24)/b10-5+. The van der Waals surface area contributed by atoms with Crippen LogP contribution < -0.4 is 0 Å². The van der Waals surface area contributed by atoms with E-state index in [0.29, 0.717) is 17.0 Å². The number of H-pyrrole nitrogens is 1. The molecular formula is C19H13F2NO2. The average Bonchev–Trinajstić information content (AvgIpc) is 2.98. The number of carbonyl (C=O) groups is 1. The van der Waals surface area contributed by atoms with Gasteiger partial charge in [-0.3, -0.25) is 0 Å². The number of hydrogen-bond acceptors (Lipinski definition) is 1. The van der Waals surface area contributed by atoms with Crippen LogP contribution in [0.1, 0.15) is 5.56 Å². The molecule has 0 fully saturated rings. The number of aromatic nitrogens is 1. The van der Waals surface area contributed by atoms with E-state index in [2.05, 4.69) is 4.98 Å². The lowest BCUT2D eigenvalue weighted by Crippen LogP contribution is -1.86. The summed E-state index contributed by atoms with van der Waals surface area (Å²) in [5.41, 5.74) is 3.49. The first-order chi connectivity index (χ1) is 11.5. The molecule has 0 atom stereocenters. The van der Waals surface area contributed by atoms with Crippen molar-refractivity contribution in [1.82, 2.24) is 4.98 Å². The summed E-state index contributed by atoms with van der Waals surface area (Å²) in [6, 6.07) is 13.6. The predicted octanol–water partition coefficient (Wildman–Crippen LogP) is 4.72. The van der Waals surface area contributed by atoms with E-state index in [-0.39, 0.29) is 11.6 Å². The van der Waals surface area contributed by atoms with Crippen LogP contribution in [-0.2, 0) is 4.79 Å². The van der Waals surface area contributed by atoms with Crippen molar-refractivity contribution >= 4 is 12.0 Å². The Morgan fingerprint density at radius 2 is 1.46 bits per heavy atom. The Hall–Kier alpha value is -3.21. The second-order valence-corrected chi connectivity index (χ2v) is 5.20. The Kier molecular flexibility index (Phi) is 4.24. The number of hydrogen-bond donors (Lipinski definition) is 2. The van der Waals surface area contributed by atoms with Crippen LogP contribution in [0.15, 0.2) is 60.7 Å². The van der Waals surface area contributed by atoms with Crippen LogP contribution in [0.4, 0.5) is 8.78 Å². The Balaban J connectivity index is 2.09. The Labute approximate surface area is 136 Å². The zero-order valence-corrected chi connectivity index (χ0v) is 12.5. The lowest BCUT2D eigenvalue weighted by atomic mass is 10.1. The number of halogens is 2. The lowest BCUT2D eigenvalue weighted by molar-refractivity contribution is -0.131. The minimum atomic E-state index is -1.07. The minimum absolute atomic E-state index is 0.338. The van der Waals surface area contributed by atoms with Gasteiger partial charge in [-0.2, -0.15) is 0 Å². The van der Waals surface area contributed by atoms with Crippen LogP contribution >= 0.6 is 0 Å². The van der Waals surface area contributed by atoms with Crippen molar-refractivity contribution in [1.29, 1.82) is 0 Å². The largest absolute Gasteiger partial charge is 0.478 e. The minimum Gasteiger partial charge on any atom is -0.478 e. The maximum atomic E-state index is 13.1. The average molecular weight is 325 g/mol. The van der Waals surface area contributed by atoms with E-state index >= 15 is 0 Å². The van der Waals surface area contributed by atoms with Crippen LogP contribution in [0.2, 0.25) is 0 Å². The van der Waals surface area contributed by atoms with Gasteiger partial charge in [0.05, 0.1) is 5.69 Å². The Morgan fingerprint density at radius 3 is 2.00 bits per heavy atom. The van der Waals surface area contributed by atoms with E-state index in [9.17, 15) is 13.6 Å². The Bertz CT molecular complexity index is 894. The zero-order chi connectivity index (χ0) is 17.1. The molecule has 0 unspecified atom stereocenters. The topological polar surface area (TPSA) is 53.1 Å². The van der Waals surface area contributed by atoms with Crippen LogP contribution in [0.25, 0.3) is 28.6 Å². The molecule has 120 valence electrons. The molecule has 0 aliphatic rings. The number of benzene rings is 2. The van der Waals surface area contributed by atoms with Gasteiger partial charge in [0.25, 0.3) is 0 Å². The van der Waals surface area contributed by atoms with Crippen LogP contribution in [0, 0.1) is 11.6 Å². The third kappa shape index (κ3) is 3.41. The normalized spacial score (nSPS) is 11.1. The van der Waals surface area contributed by atoms with E-state index in [4.69, 9.17) is 5.11 Å². The molecule has 0 aliphatic heterocycles. The molecular weight excluding hydrogens is 312 g/mol. The summed E-state index contributed by atoms with van der Waals surface area (Å²) in [7, 11) is 0. The number of aliphatic carboxylic acids is 1. The van der Waals surface area contributed by atoms with Gasteiger partial charge in [-0.1, -0.05) is 0 Å². The summed E-state index contributed by atoms with van der Waals surface area (Å²) in [5.74, 6) is -1.76. The fourth-order valence-corrected chi connectivity index (χ4v) is 2.40. The van der Waals surface area contributed by atoms with E-state index in [1.54, 1.807) is 30.3 Å². The number of carboxylic acid groups (broad SMARTS) is 1. The molecule has 3 aromatic rings. The SMILES string of the molecule is O=C(O)/C=C/c1cc(-c2ccc(F)cc2)[nH]c1-c1ccc(F)cc1. The summed E-state index contributed by atoms with van der Waals surface area (Å²) in [4.78, 5) is 14.0. The van der Waals surface area contributed by atoms with Crippen molar-refractivity contribution in [2.75, 3.05) is 0 Å². The van der Waals surface area contributed by atoms with Gasteiger partial charge in [0.1, 0.15) is 11.6 Å². The summed E-state index contributed by atoms with van der Waals surface area (Å²) in [6.45, 7) is 0. The van der Waals surface area contributed by atoms with Gasteiger partial charge in [-0.15, -0.1) is 0 Å². The summed E-state index contributed by atoms with van der Waals surface area (Å²) in [6.07, 6.45) is 2.50. The third-order valence-electron chi connectivity index (χ3n) is 3.54. The molecule has 2 N–H and O–H groups in total. The van der Waals surface area contributed by atoms with Crippen molar-refractivity contribution in [2.45, 2.75) is 0 Å². The number of rotatable bonds is 4. The van der Waals surface area contributed by atoms with Crippen molar-refractivity contribution in [2.24, 2.45) is 0 Å². The fraction of sp³-hybridized carbons (Fsp3) is 0. The molecule has 0 bridgehead atoms. The quantitative estimate of drug-likeness (QED) is 0.682. The molecule has 0 amide bonds. The van der Waals surface area contributed by atoms with E-state index < -0.39 is 5.97 Å². The summed E-state index contributed by atoms with van der Waals surface area (Å²) < 4.78 is 26.2. The predicted molar refractivity (Wildman–Crippen MR) is 88.3 cm³/mol. The first kappa shape index (κ1) is 15.7. The van der Waals surface area contributed by atoms with Gasteiger partial charge in [0.15, 0.2) is 0 Å². The van der Waals surface area contributed by atoms with Crippen molar-refractivity contribution in [3.05, 3.63) is 77.9 Å². The molecule has 2 aromatic carbocycles. The monoisotopic (exact) mass is 325 g/mol. The van der Waals surface area contributed by atoms with Crippen molar-refractivity contribution < 1.29 is 18.7 Å². The highest BCUT2D eigenvalue weighted by Crippen LogP contribution is 2.30. The van der Waals surface area contributed by atoms with Gasteiger partial charge in [-0.05, 0) is 71.8 Å². The number of carboxylic acids is 1. The fourth-order valence-electron chi connectivity index (χ4n) is 2.40. The molecule has 24 heavy (non-hydrogen) atoms. The van der Waals surface area contributed by atoms with Crippen molar-refractivity contribution in [3.63, 3.8) is 0 Å². The second kappa shape index (κ2) is 6.50. The second-order valence-electron chi connectivity index (χ2n) is 5.20. The summed E-state index contributed by atoms with van der Waals surface area (Å²) in [5, 5.41) is 8.84.